The van der Waals surface area contributed by atoms with E-state index < -0.39 is 0 Å². The molecular formula is C16H23N3O2. The van der Waals surface area contributed by atoms with Gasteiger partial charge in [0, 0.05) is 18.7 Å². The summed E-state index contributed by atoms with van der Waals surface area (Å²) in [5, 5.41) is 11.9. The molecule has 0 saturated carbocycles. The van der Waals surface area contributed by atoms with E-state index in [-0.39, 0.29) is 11.8 Å². The third-order valence-corrected chi connectivity index (χ3v) is 4.06. The molecular weight excluding hydrogens is 266 g/mol. The van der Waals surface area contributed by atoms with E-state index >= 15 is 0 Å². The first kappa shape index (κ1) is 15.6. The van der Waals surface area contributed by atoms with Crippen molar-refractivity contribution in [3.63, 3.8) is 0 Å². The quantitative estimate of drug-likeness (QED) is 0.928. The van der Waals surface area contributed by atoms with Crippen molar-refractivity contribution in [1.82, 2.24) is 4.90 Å². The van der Waals surface area contributed by atoms with Gasteiger partial charge in [-0.3, -0.25) is 15.0 Å². The second-order valence-electron chi connectivity index (χ2n) is 6.29. The molecule has 0 bridgehead atoms. The number of hydrogen-bond donors (Lipinski definition) is 1. The molecule has 2 heterocycles. The van der Waals surface area contributed by atoms with E-state index in [1.165, 1.54) is 6.42 Å². The molecule has 2 atom stereocenters. The van der Waals surface area contributed by atoms with Gasteiger partial charge in [-0.15, -0.1) is 0 Å². The van der Waals surface area contributed by atoms with Crippen molar-refractivity contribution in [2.45, 2.75) is 34.1 Å². The van der Waals surface area contributed by atoms with Gasteiger partial charge in [-0.1, -0.05) is 13.8 Å². The lowest BCUT2D eigenvalue weighted by Crippen LogP contribution is -2.42. The van der Waals surface area contributed by atoms with Gasteiger partial charge >= 0.3 is 0 Å². The van der Waals surface area contributed by atoms with Gasteiger partial charge in [-0.2, -0.15) is 5.26 Å². The molecule has 5 heteroatoms. The van der Waals surface area contributed by atoms with Gasteiger partial charge in [0.1, 0.15) is 17.4 Å². The Morgan fingerprint density at radius 1 is 1.38 bits per heavy atom. The van der Waals surface area contributed by atoms with Gasteiger partial charge in [0.25, 0.3) is 0 Å². The molecule has 2 unspecified atom stereocenters. The molecule has 2 rings (SSSR count). The monoisotopic (exact) mass is 289 g/mol. The molecule has 1 fully saturated rings. The van der Waals surface area contributed by atoms with Crippen LogP contribution in [0, 0.1) is 37.0 Å². The number of carbonyl (C=O) groups excluding carboxylic acids is 1. The molecule has 0 spiro atoms. The van der Waals surface area contributed by atoms with E-state index in [0.717, 1.165) is 18.7 Å². The summed E-state index contributed by atoms with van der Waals surface area (Å²) in [4.78, 5) is 14.3. The van der Waals surface area contributed by atoms with Gasteiger partial charge in [0.2, 0.25) is 11.8 Å². The van der Waals surface area contributed by atoms with Gasteiger partial charge in [0.15, 0.2) is 0 Å². The predicted octanol–water partition coefficient (Wildman–Crippen LogP) is 2.68. The van der Waals surface area contributed by atoms with Crippen molar-refractivity contribution >= 4 is 11.8 Å². The first-order valence-corrected chi connectivity index (χ1v) is 7.43. The number of nitriles is 1. The van der Waals surface area contributed by atoms with Gasteiger partial charge < -0.3 is 4.42 Å². The number of carbonyl (C=O) groups is 1. The molecule has 1 amide bonds. The molecule has 21 heavy (non-hydrogen) atoms. The summed E-state index contributed by atoms with van der Waals surface area (Å²) in [7, 11) is 0. The topological polar surface area (TPSA) is 69.3 Å². The summed E-state index contributed by atoms with van der Waals surface area (Å²) in [5.74, 6) is 2.05. The molecule has 1 aliphatic rings. The number of likely N-dealkylation sites (tertiary alicyclic amines) is 1. The van der Waals surface area contributed by atoms with Crippen LogP contribution < -0.4 is 5.32 Å². The van der Waals surface area contributed by atoms with Crippen LogP contribution in [0.2, 0.25) is 0 Å². The molecule has 1 aliphatic heterocycles. The van der Waals surface area contributed by atoms with E-state index in [4.69, 9.17) is 9.68 Å². The van der Waals surface area contributed by atoms with Gasteiger partial charge in [0.05, 0.1) is 6.54 Å². The van der Waals surface area contributed by atoms with Crippen LogP contribution in [0.4, 0.5) is 5.88 Å². The molecule has 5 nitrogen and oxygen atoms in total. The highest BCUT2D eigenvalue weighted by molar-refractivity contribution is 5.92. The Morgan fingerprint density at radius 2 is 2.00 bits per heavy atom. The van der Waals surface area contributed by atoms with Crippen LogP contribution in [0.5, 0.6) is 0 Å². The maximum atomic E-state index is 12.2. The van der Waals surface area contributed by atoms with E-state index in [1.807, 2.05) is 6.92 Å². The summed E-state index contributed by atoms with van der Waals surface area (Å²) < 4.78 is 5.47. The van der Waals surface area contributed by atoms with Crippen molar-refractivity contribution in [3.05, 3.63) is 16.9 Å². The largest absolute Gasteiger partial charge is 0.444 e. The highest BCUT2D eigenvalue weighted by Crippen LogP contribution is 2.25. The summed E-state index contributed by atoms with van der Waals surface area (Å²) in [6.45, 7) is 10.3. The van der Waals surface area contributed by atoms with Crippen LogP contribution in [-0.4, -0.2) is 30.4 Å². The highest BCUT2D eigenvalue weighted by Gasteiger charge is 2.24. The number of piperidine rings is 1. The summed E-state index contributed by atoms with van der Waals surface area (Å²) in [5.41, 5.74) is 1.20. The van der Waals surface area contributed by atoms with Crippen molar-refractivity contribution in [2.75, 3.05) is 25.0 Å². The molecule has 0 radical (unpaired) electrons. The Kier molecular flexibility index (Phi) is 4.69. The number of furan rings is 1. The van der Waals surface area contributed by atoms with E-state index in [1.54, 1.807) is 6.92 Å². The number of rotatable bonds is 3. The molecule has 0 aliphatic carbocycles. The van der Waals surface area contributed by atoms with Crippen LogP contribution in [0.3, 0.4) is 0 Å². The zero-order valence-electron chi connectivity index (χ0n) is 13.2. The van der Waals surface area contributed by atoms with Crippen LogP contribution in [0.15, 0.2) is 4.42 Å². The molecule has 1 aromatic heterocycles. The lowest BCUT2D eigenvalue weighted by atomic mass is 9.92. The minimum absolute atomic E-state index is 0.124. The van der Waals surface area contributed by atoms with Crippen LogP contribution in [-0.2, 0) is 4.79 Å². The summed E-state index contributed by atoms with van der Waals surface area (Å²) in [6.07, 6.45) is 1.22. The Hall–Kier alpha value is -1.80. The first-order chi connectivity index (χ1) is 9.90. The van der Waals surface area contributed by atoms with E-state index in [0.29, 0.717) is 29.7 Å². The minimum atomic E-state index is -0.124. The number of anilines is 1. The average molecular weight is 289 g/mol. The smallest absolute Gasteiger partial charge is 0.240 e. The lowest BCUT2D eigenvalue weighted by Gasteiger charge is -2.34. The number of aryl methyl sites for hydroxylation is 1. The second-order valence-corrected chi connectivity index (χ2v) is 6.29. The van der Waals surface area contributed by atoms with Crippen molar-refractivity contribution in [1.29, 1.82) is 5.26 Å². The standard InChI is InChI=1S/C16H23N3O2/c1-10-5-11(2)8-19(7-10)9-15(20)18-16-14(6-17)12(3)13(4)21-16/h10-11H,5,7-9H2,1-4H3,(H,18,20). The zero-order chi connectivity index (χ0) is 15.6. The number of nitrogens with one attached hydrogen (secondary N) is 1. The van der Waals surface area contributed by atoms with Crippen molar-refractivity contribution in [2.24, 2.45) is 11.8 Å². The maximum absolute atomic E-state index is 12.2. The number of amides is 1. The third-order valence-electron chi connectivity index (χ3n) is 4.06. The normalized spacial score (nSPS) is 22.8. The van der Waals surface area contributed by atoms with Crippen LogP contribution >= 0.6 is 0 Å². The van der Waals surface area contributed by atoms with Crippen LogP contribution in [0.1, 0.15) is 37.2 Å². The lowest BCUT2D eigenvalue weighted by molar-refractivity contribution is -0.118. The maximum Gasteiger partial charge on any atom is 0.240 e. The predicted molar refractivity (Wildman–Crippen MR) is 80.9 cm³/mol. The summed E-state index contributed by atoms with van der Waals surface area (Å²) >= 11 is 0. The zero-order valence-corrected chi connectivity index (χ0v) is 13.2. The van der Waals surface area contributed by atoms with E-state index in [2.05, 4.69) is 30.1 Å². The number of nitrogens with zero attached hydrogens (tertiary/aromatic N) is 2. The summed E-state index contributed by atoms with van der Waals surface area (Å²) in [6, 6.07) is 2.09. The Balaban J connectivity index is 1.99. The Bertz CT molecular complexity index is 561. The van der Waals surface area contributed by atoms with Crippen molar-refractivity contribution in [3.8, 4) is 6.07 Å². The van der Waals surface area contributed by atoms with Crippen LogP contribution in [0.25, 0.3) is 0 Å². The Labute approximate surface area is 125 Å². The van der Waals surface area contributed by atoms with E-state index in [9.17, 15) is 4.79 Å². The van der Waals surface area contributed by atoms with Gasteiger partial charge in [-0.25, -0.2) is 0 Å². The molecule has 114 valence electrons. The molecule has 0 aromatic carbocycles. The SMILES string of the molecule is Cc1oc(NC(=O)CN2CC(C)CC(C)C2)c(C#N)c1C. The number of hydrogen-bond acceptors (Lipinski definition) is 4. The fourth-order valence-electron chi connectivity index (χ4n) is 3.14. The minimum Gasteiger partial charge on any atom is -0.444 e. The Morgan fingerprint density at radius 3 is 2.57 bits per heavy atom. The second kappa shape index (κ2) is 6.31. The third kappa shape index (κ3) is 3.64. The van der Waals surface area contributed by atoms with Crippen molar-refractivity contribution < 1.29 is 9.21 Å². The van der Waals surface area contributed by atoms with Gasteiger partial charge in [-0.05, 0) is 32.1 Å². The molecule has 1 saturated heterocycles. The molecule has 1 aromatic rings. The first-order valence-electron chi connectivity index (χ1n) is 7.43. The highest BCUT2D eigenvalue weighted by atomic mass is 16.4. The average Bonchev–Trinajstić information content (AvgIpc) is 2.62. The fraction of sp³-hybridized carbons (Fsp3) is 0.625. The fourth-order valence-corrected chi connectivity index (χ4v) is 3.14. The molecule has 1 N–H and O–H groups in total.